The number of carbonyl (C=O) groups is 2. The Kier molecular flexibility index (Phi) is 7.06. The molecule has 1 fully saturated rings. The largest absolute Gasteiger partial charge is 0.463 e. The van der Waals surface area contributed by atoms with Crippen molar-refractivity contribution in [2.75, 3.05) is 45.9 Å². The van der Waals surface area contributed by atoms with Gasteiger partial charge in [-0.25, -0.2) is 9.59 Å². The third kappa shape index (κ3) is 5.25. The summed E-state index contributed by atoms with van der Waals surface area (Å²) in [5, 5.41) is 5.74. The van der Waals surface area contributed by atoms with Gasteiger partial charge in [0.05, 0.1) is 18.2 Å². The van der Waals surface area contributed by atoms with Crippen LogP contribution in [0.5, 0.6) is 0 Å². The third-order valence-electron chi connectivity index (χ3n) is 5.29. The minimum absolute atomic E-state index is 0.282. The summed E-state index contributed by atoms with van der Waals surface area (Å²) in [6.07, 6.45) is 1.91. The second-order valence-electron chi connectivity index (χ2n) is 7.42. The maximum atomic E-state index is 12.8. The summed E-state index contributed by atoms with van der Waals surface area (Å²) in [7, 11) is 0. The molecule has 1 atom stereocenters. The van der Waals surface area contributed by atoms with Crippen molar-refractivity contribution in [2.24, 2.45) is 0 Å². The molecule has 156 valence electrons. The van der Waals surface area contributed by atoms with Crippen molar-refractivity contribution in [1.29, 1.82) is 0 Å². The van der Waals surface area contributed by atoms with Crippen LogP contribution in [0.2, 0.25) is 0 Å². The van der Waals surface area contributed by atoms with Gasteiger partial charge in [0.15, 0.2) is 0 Å². The molecule has 2 heterocycles. The molecule has 2 amide bonds. The number of piperazine rings is 1. The molecule has 0 aliphatic carbocycles. The van der Waals surface area contributed by atoms with Crippen LogP contribution in [0.25, 0.3) is 0 Å². The van der Waals surface area contributed by atoms with E-state index in [9.17, 15) is 9.59 Å². The third-order valence-corrected chi connectivity index (χ3v) is 5.29. The highest BCUT2D eigenvalue weighted by Gasteiger charge is 2.34. The Bertz CT molecular complexity index is 780. The topological polar surface area (TPSA) is 73.9 Å². The first-order valence-electron chi connectivity index (χ1n) is 10.1. The fraction of sp³-hybridized carbons (Fsp3) is 0.455. The molecule has 2 N–H and O–H groups in total. The molecule has 2 aliphatic rings. The molecule has 0 unspecified atom stereocenters. The lowest BCUT2D eigenvalue weighted by Crippen LogP contribution is -2.51. The summed E-state index contributed by atoms with van der Waals surface area (Å²) in [5.74, 6) is -0.397. The summed E-state index contributed by atoms with van der Waals surface area (Å²) >= 11 is 0. The average molecular weight is 399 g/mol. The van der Waals surface area contributed by atoms with Gasteiger partial charge in [-0.05, 0) is 19.4 Å². The van der Waals surface area contributed by atoms with Crippen molar-refractivity contribution >= 4 is 12.0 Å². The first-order valence-corrected chi connectivity index (χ1v) is 10.1. The minimum Gasteiger partial charge on any atom is -0.463 e. The van der Waals surface area contributed by atoms with E-state index in [2.05, 4.69) is 27.0 Å². The van der Waals surface area contributed by atoms with Crippen molar-refractivity contribution < 1.29 is 14.3 Å². The van der Waals surface area contributed by atoms with Crippen LogP contribution in [0.3, 0.4) is 0 Å². The Labute approximate surface area is 172 Å². The van der Waals surface area contributed by atoms with Gasteiger partial charge in [-0.2, -0.15) is 0 Å². The highest BCUT2D eigenvalue weighted by atomic mass is 16.5. The van der Waals surface area contributed by atoms with Crippen LogP contribution < -0.4 is 10.6 Å². The SMILES string of the molecule is C=CCN1CCN(CC2=C(C(=O)OCC)[C@H](c3ccc(C)cc3)NC(=O)N2)CC1. The summed E-state index contributed by atoms with van der Waals surface area (Å²) in [4.78, 5) is 29.8. The lowest BCUT2D eigenvalue weighted by Gasteiger charge is -2.36. The molecule has 1 aromatic rings. The number of amides is 2. The zero-order chi connectivity index (χ0) is 20.8. The number of hydrogen-bond acceptors (Lipinski definition) is 5. The van der Waals surface area contributed by atoms with Crippen LogP contribution in [-0.4, -0.2) is 67.7 Å². The predicted octanol–water partition coefficient (Wildman–Crippen LogP) is 1.97. The molecular formula is C22H30N4O3. The summed E-state index contributed by atoms with van der Waals surface area (Å²) in [5.41, 5.74) is 3.08. The van der Waals surface area contributed by atoms with E-state index in [1.165, 1.54) is 0 Å². The van der Waals surface area contributed by atoms with E-state index in [0.29, 0.717) is 17.8 Å². The van der Waals surface area contributed by atoms with Gasteiger partial charge in [0, 0.05) is 45.0 Å². The number of nitrogens with one attached hydrogen (secondary N) is 2. The molecule has 0 saturated carbocycles. The van der Waals surface area contributed by atoms with E-state index in [1.54, 1.807) is 6.92 Å². The number of rotatable bonds is 7. The first-order chi connectivity index (χ1) is 14.0. The number of ether oxygens (including phenoxy) is 1. The summed E-state index contributed by atoms with van der Waals surface area (Å²) in [6.45, 7) is 12.8. The zero-order valence-corrected chi connectivity index (χ0v) is 17.2. The molecule has 0 spiro atoms. The zero-order valence-electron chi connectivity index (χ0n) is 17.2. The van der Waals surface area contributed by atoms with Gasteiger partial charge in [0.1, 0.15) is 0 Å². The van der Waals surface area contributed by atoms with Crippen molar-refractivity contribution in [3.63, 3.8) is 0 Å². The van der Waals surface area contributed by atoms with Gasteiger partial charge in [0.25, 0.3) is 0 Å². The Hall–Kier alpha value is -2.64. The van der Waals surface area contributed by atoms with E-state index in [0.717, 1.165) is 43.9 Å². The molecule has 3 rings (SSSR count). The Morgan fingerprint density at radius 3 is 2.48 bits per heavy atom. The number of benzene rings is 1. The van der Waals surface area contributed by atoms with Gasteiger partial charge < -0.3 is 15.4 Å². The molecular weight excluding hydrogens is 368 g/mol. The summed E-state index contributed by atoms with van der Waals surface area (Å²) in [6, 6.07) is 7.01. The fourth-order valence-electron chi connectivity index (χ4n) is 3.74. The molecule has 2 aliphatic heterocycles. The van der Waals surface area contributed by atoms with Crippen molar-refractivity contribution in [3.8, 4) is 0 Å². The number of hydrogen-bond donors (Lipinski definition) is 2. The molecule has 7 nitrogen and oxygen atoms in total. The Morgan fingerprint density at radius 1 is 1.21 bits per heavy atom. The highest BCUT2D eigenvalue weighted by molar-refractivity contribution is 5.95. The number of nitrogens with zero attached hydrogens (tertiary/aromatic N) is 2. The van der Waals surface area contributed by atoms with Crippen LogP contribution >= 0.6 is 0 Å². The number of esters is 1. The summed E-state index contributed by atoms with van der Waals surface area (Å²) < 4.78 is 5.33. The second kappa shape index (κ2) is 9.71. The minimum atomic E-state index is -0.527. The Balaban J connectivity index is 1.87. The molecule has 0 bridgehead atoms. The van der Waals surface area contributed by atoms with Crippen LogP contribution in [-0.2, 0) is 9.53 Å². The highest BCUT2D eigenvalue weighted by Crippen LogP contribution is 2.28. The molecule has 7 heteroatoms. The second-order valence-corrected chi connectivity index (χ2v) is 7.42. The van der Waals surface area contributed by atoms with Gasteiger partial charge in [0.2, 0.25) is 0 Å². The molecule has 1 saturated heterocycles. The van der Waals surface area contributed by atoms with Gasteiger partial charge >= 0.3 is 12.0 Å². The number of carbonyl (C=O) groups excluding carboxylic acids is 2. The first kappa shape index (κ1) is 21.1. The van der Waals surface area contributed by atoms with Crippen LogP contribution in [0, 0.1) is 6.92 Å². The maximum absolute atomic E-state index is 12.8. The van der Waals surface area contributed by atoms with Crippen LogP contribution in [0.1, 0.15) is 24.1 Å². The van der Waals surface area contributed by atoms with Gasteiger partial charge in [-0.1, -0.05) is 35.9 Å². The van der Waals surface area contributed by atoms with Crippen LogP contribution in [0.4, 0.5) is 4.79 Å². The number of urea groups is 1. The van der Waals surface area contributed by atoms with E-state index in [4.69, 9.17) is 4.74 Å². The molecule has 0 aromatic heterocycles. The smallest absolute Gasteiger partial charge is 0.338 e. The van der Waals surface area contributed by atoms with Gasteiger partial charge in [-0.15, -0.1) is 6.58 Å². The van der Waals surface area contributed by atoms with E-state index >= 15 is 0 Å². The molecule has 1 aromatic carbocycles. The van der Waals surface area contributed by atoms with Crippen molar-refractivity contribution in [2.45, 2.75) is 19.9 Å². The maximum Gasteiger partial charge on any atom is 0.338 e. The normalized spacial score (nSPS) is 20.8. The van der Waals surface area contributed by atoms with Crippen LogP contribution in [0.15, 0.2) is 48.2 Å². The quantitative estimate of drug-likeness (QED) is 0.543. The van der Waals surface area contributed by atoms with Crippen molar-refractivity contribution in [1.82, 2.24) is 20.4 Å². The average Bonchev–Trinajstić information content (AvgIpc) is 2.70. The van der Waals surface area contributed by atoms with E-state index in [1.807, 2.05) is 37.3 Å². The monoisotopic (exact) mass is 398 g/mol. The lowest BCUT2D eigenvalue weighted by atomic mass is 9.94. The van der Waals surface area contributed by atoms with Gasteiger partial charge in [-0.3, -0.25) is 9.80 Å². The molecule has 0 radical (unpaired) electrons. The number of aryl methyl sites for hydroxylation is 1. The predicted molar refractivity (Wildman–Crippen MR) is 112 cm³/mol. The lowest BCUT2D eigenvalue weighted by molar-refractivity contribution is -0.139. The standard InChI is InChI=1S/C22H30N4O3/c1-4-10-25-11-13-26(14-12-25)15-18-19(21(27)29-5-2)20(24-22(28)23-18)17-8-6-16(3)7-9-17/h4,6-9,20H,1,5,10-15H2,2-3H3,(H2,23,24,28)/t20-/m0/s1. The molecule has 29 heavy (non-hydrogen) atoms. The Morgan fingerprint density at radius 2 is 1.86 bits per heavy atom. The van der Waals surface area contributed by atoms with Crippen molar-refractivity contribution in [3.05, 3.63) is 59.3 Å². The van der Waals surface area contributed by atoms with E-state index < -0.39 is 12.0 Å². The van der Waals surface area contributed by atoms with E-state index in [-0.39, 0.29) is 12.6 Å². The fourth-order valence-corrected chi connectivity index (χ4v) is 3.74.